The lowest BCUT2D eigenvalue weighted by Crippen LogP contribution is -2.36. The number of amides is 1. The Balaban J connectivity index is 1.59. The van der Waals surface area contributed by atoms with E-state index >= 15 is 0 Å². The van der Waals surface area contributed by atoms with Gasteiger partial charge in [-0.1, -0.05) is 37.3 Å². The first-order valence-corrected chi connectivity index (χ1v) is 6.98. The molecule has 0 heterocycles. The molecule has 1 N–H and O–H groups in total. The molecule has 1 fully saturated rings. The molecular weight excluding hydrogens is 240 g/mol. The van der Waals surface area contributed by atoms with Crippen LogP contribution in [0.5, 0.6) is 0 Å². The predicted molar refractivity (Wildman–Crippen MR) is 74.9 cm³/mol. The van der Waals surface area contributed by atoms with Crippen molar-refractivity contribution >= 4 is 6.09 Å². The van der Waals surface area contributed by atoms with Crippen LogP contribution in [0.15, 0.2) is 30.3 Å². The molecule has 4 nitrogen and oxygen atoms in total. The fourth-order valence-electron chi connectivity index (χ4n) is 2.11. The van der Waals surface area contributed by atoms with Crippen LogP contribution in [0.4, 0.5) is 4.79 Å². The lowest BCUT2D eigenvalue weighted by atomic mass is 10.2. The largest absolute Gasteiger partial charge is 0.445 e. The van der Waals surface area contributed by atoms with E-state index in [9.17, 15) is 4.79 Å². The zero-order valence-electron chi connectivity index (χ0n) is 11.5. The SMILES string of the molecule is CCN(CCNC(=O)OCc1ccccc1)C1CC1. The van der Waals surface area contributed by atoms with E-state index in [4.69, 9.17) is 4.74 Å². The fourth-order valence-corrected chi connectivity index (χ4v) is 2.11. The number of ether oxygens (including phenoxy) is 1. The van der Waals surface area contributed by atoms with Crippen LogP contribution in [0.2, 0.25) is 0 Å². The summed E-state index contributed by atoms with van der Waals surface area (Å²) in [7, 11) is 0. The molecule has 0 aromatic heterocycles. The normalized spacial score (nSPS) is 14.4. The highest BCUT2D eigenvalue weighted by Gasteiger charge is 2.27. The third kappa shape index (κ3) is 4.91. The van der Waals surface area contributed by atoms with Gasteiger partial charge in [0.2, 0.25) is 0 Å². The smallest absolute Gasteiger partial charge is 0.407 e. The number of hydrogen-bond donors (Lipinski definition) is 1. The summed E-state index contributed by atoms with van der Waals surface area (Å²) < 4.78 is 5.15. The second kappa shape index (κ2) is 7.14. The van der Waals surface area contributed by atoms with Gasteiger partial charge in [0.1, 0.15) is 6.61 Å². The molecule has 1 aromatic carbocycles. The molecule has 0 spiro atoms. The van der Waals surface area contributed by atoms with Gasteiger partial charge in [0.15, 0.2) is 0 Å². The van der Waals surface area contributed by atoms with Crippen LogP contribution in [0.1, 0.15) is 25.3 Å². The van der Waals surface area contributed by atoms with Crippen molar-refractivity contribution in [2.75, 3.05) is 19.6 Å². The van der Waals surface area contributed by atoms with E-state index < -0.39 is 0 Å². The fraction of sp³-hybridized carbons (Fsp3) is 0.533. The number of rotatable bonds is 7. The Kier molecular flexibility index (Phi) is 5.21. The molecule has 1 aliphatic rings. The van der Waals surface area contributed by atoms with Crippen molar-refractivity contribution in [1.29, 1.82) is 0 Å². The van der Waals surface area contributed by atoms with Crippen molar-refractivity contribution in [1.82, 2.24) is 10.2 Å². The van der Waals surface area contributed by atoms with Gasteiger partial charge >= 0.3 is 6.09 Å². The van der Waals surface area contributed by atoms with Gasteiger partial charge in [0, 0.05) is 19.1 Å². The van der Waals surface area contributed by atoms with E-state index in [1.54, 1.807) is 0 Å². The molecule has 1 amide bonds. The third-order valence-corrected chi connectivity index (χ3v) is 3.35. The maximum atomic E-state index is 11.5. The second-order valence-electron chi connectivity index (χ2n) is 4.85. The molecule has 4 heteroatoms. The summed E-state index contributed by atoms with van der Waals surface area (Å²) in [5.74, 6) is 0. The van der Waals surface area contributed by atoms with Crippen LogP contribution >= 0.6 is 0 Å². The number of hydrogen-bond acceptors (Lipinski definition) is 3. The van der Waals surface area contributed by atoms with Gasteiger partial charge in [-0.2, -0.15) is 0 Å². The number of carbonyl (C=O) groups excluding carboxylic acids is 1. The molecule has 19 heavy (non-hydrogen) atoms. The maximum Gasteiger partial charge on any atom is 0.407 e. The highest BCUT2D eigenvalue weighted by atomic mass is 16.5. The van der Waals surface area contributed by atoms with Crippen molar-refractivity contribution in [2.24, 2.45) is 0 Å². The Morgan fingerprint density at radius 2 is 2.11 bits per heavy atom. The minimum atomic E-state index is -0.337. The number of nitrogens with one attached hydrogen (secondary N) is 1. The predicted octanol–water partition coefficient (Wildman–Crippen LogP) is 2.40. The first-order valence-electron chi connectivity index (χ1n) is 6.98. The second-order valence-corrected chi connectivity index (χ2v) is 4.85. The summed E-state index contributed by atoms with van der Waals surface area (Å²) >= 11 is 0. The number of carbonyl (C=O) groups is 1. The van der Waals surface area contributed by atoms with E-state index in [0.29, 0.717) is 13.2 Å². The zero-order valence-corrected chi connectivity index (χ0v) is 11.5. The first kappa shape index (κ1) is 13.9. The molecule has 1 aromatic rings. The maximum absolute atomic E-state index is 11.5. The highest BCUT2D eigenvalue weighted by molar-refractivity contribution is 5.67. The lowest BCUT2D eigenvalue weighted by Gasteiger charge is -2.19. The van der Waals surface area contributed by atoms with Gasteiger partial charge in [-0.05, 0) is 24.9 Å². The van der Waals surface area contributed by atoms with Gasteiger partial charge in [0.05, 0.1) is 0 Å². The standard InChI is InChI=1S/C15H22N2O2/c1-2-17(14-8-9-14)11-10-16-15(18)19-12-13-6-4-3-5-7-13/h3-7,14H,2,8-12H2,1H3,(H,16,18). The molecule has 0 atom stereocenters. The van der Waals surface area contributed by atoms with Gasteiger partial charge in [-0.25, -0.2) is 4.79 Å². The monoisotopic (exact) mass is 262 g/mol. The number of alkyl carbamates (subject to hydrolysis) is 1. The van der Waals surface area contributed by atoms with Crippen molar-refractivity contribution < 1.29 is 9.53 Å². The molecule has 1 saturated carbocycles. The van der Waals surface area contributed by atoms with Crippen molar-refractivity contribution in [3.05, 3.63) is 35.9 Å². The average molecular weight is 262 g/mol. The first-order chi connectivity index (χ1) is 9.29. The minimum absolute atomic E-state index is 0.326. The van der Waals surface area contributed by atoms with Gasteiger partial charge in [0.25, 0.3) is 0 Å². The van der Waals surface area contributed by atoms with Crippen LogP contribution in [0.25, 0.3) is 0 Å². The number of likely N-dealkylation sites (N-methyl/N-ethyl adjacent to an activating group) is 1. The topological polar surface area (TPSA) is 41.6 Å². The van der Waals surface area contributed by atoms with E-state index in [-0.39, 0.29) is 6.09 Å². The van der Waals surface area contributed by atoms with Crippen LogP contribution in [-0.2, 0) is 11.3 Å². The van der Waals surface area contributed by atoms with Gasteiger partial charge in [-0.15, -0.1) is 0 Å². The Morgan fingerprint density at radius 3 is 2.74 bits per heavy atom. The van der Waals surface area contributed by atoms with E-state index in [1.165, 1.54) is 12.8 Å². The van der Waals surface area contributed by atoms with Crippen molar-refractivity contribution in [3.8, 4) is 0 Å². The van der Waals surface area contributed by atoms with E-state index in [2.05, 4.69) is 17.1 Å². The van der Waals surface area contributed by atoms with Crippen LogP contribution in [0.3, 0.4) is 0 Å². The van der Waals surface area contributed by atoms with Gasteiger partial charge in [-0.3, -0.25) is 4.90 Å². The Bertz CT molecular complexity index is 390. The molecule has 0 aliphatic heterocycles. The Hall–Kier alpha value is -1.55. The van der Waals surface area contributed by atoms with Crippen LogP contribution in [-0.4, -0.2) is 36.7 Å². The molecule has 0 bridgehead atoms. The lowest BCUT2D eigenvalue weighted by molar-refractivity contribution is 0.138. The van der Waals surface area contributed by atoms with Crippen molar-refractivity contribution in [3.63, 3.8) is 0 Å². The Morgan fingerprint density at radius 1 is 1.37 bits per heavy atom. The van der Waals surface area contributed by atoms with Gasteiger partial charge < -0.3 is 10.1 Å². The molecule has 2 rings (SSSR count). The molecule has 1 aliphatic carbocycles. The molecule has 0 saturated heterocycles. The molecule has 0 radical (unpaired) electrons. The highest BCUT2D eigenvalue weighted by Crippen LogP contribution is 2.25. The van der Waals surface area contributed by atoms with E-state index in [0.717, 1.165) is 24.7 Å². The number of benzene rings is 1. The summed E-state index contributed by atoms with van der Waals surface area (Å²) in [6, 6.07) is 10.4. The zero-order chi connectivity index (χ0) is 13.5. The molecule has 104 valence electrons. The van der Waals surface area contributed by atoms with Crippen molar-refractivity contribution in [2.45, 2.75) is 32.4 Å². The summed E-state index contributed by atoms with van der Waals surface area (Å²) in [6.07, 6.45) is 2.26. The quantitative estimate of drug-likeness (QED) is 0.820. The number of nitrogens with zero attached hydrogens (tertiary/aromatic N) is 1. The summed E-state index contributed by atoms with van der Waals surface area (Å²) in [6.45, 7) is 5.09. The summed E-state index contributed by atoms with van der Waals surface area (Å²) in [5.41, 5.74) is 1.01. The average Bonchev–Trinajstić information content (AvgIpc) is 3.27. The van der Waals surface area contributed by atoms with Crippen LogP contribution in [0, 0.1) is 0 Å². The van der Waals surface area contributed by atoms with E-state index in [1.807, 2.05) is 30.3 Å². The summed E-state index contributed by atoms with van der Waals surface area (Å²) in [5, 5.41) is 2.80. The molecular formula is C15H22N2O2. The molecule has 0 unspecified atom stereocenters. The third-order valence-electron chi connectivity index (χ3n) is 3.35. The van der Waals surface area contributed by atoms with Crippen LogP contribution < -0.4 is 5.32 Å². The minimum Gasteiger partial charge on any atom is -0.445 e. The Labute approximate surface area is 114 Å². The summed E-state index contributed by atoms with van der Waals surface area (Å²) in [4.78, 5) is 13.9.